The van der Waals surface area contributed by atoms with E-state index in [1.807, 2.05) is 0 Å². The van der Waals surface area contributed by atoms with E-state index in [4.69, 9.17) is 15.5 Å². The highest BCUT2D eigenvalue weighted by molar-refractivity contribution is 5.92. The number of ether oxygens (including phenoxy) is 1. The molecule has 29 heavy (non-hydrogen) atoms. The van der Waals surface area contributed by atoms with Crippen LogP contribution in [-0.2, 0) is 17.7 Å². The number of nitrogens with one attached hydrogen (secondary N) is 2. The fourth-order valence-electron chi connectivity index (χ4n) is 5.24. The number of fused-ring (bicyclic) bond motifs is 3. The summed E-state index contributed by atoms with van der Waals surface area (Å²) in [6.45, 7) is 7.66. The molecule has 8 heteroatoms. The lowest BCUT2D eigenvalue weighted by molar-refractivity contribution is 0.0398. The molecule has 2 aromatic rings. The molecule has 158 valence electrons. The number of H-pyrrole nitrogens is 1. The van der Waals surface area contributed by atoms with Gasteiger partial charge in [-0.15, -0.1) is 0 Å². The molecule has 4 heterocycles. The molecule has 1 aliphatic carbocycles. The molecule has 1 saturated carbocycles. The van der Waals surface area contributed by atoms with Gasteiger partial charge >= 0.3 is 0 Å². The highest BCUT2D eigenvalue weighted by atomic mass is 16.5. The van der Waals surface area contributed by atoms with Gasteiger partial charge < -0.3 is 15.8 Å². The third kappa shape index (κ3) is 3.93. The van der Waals surface area contributed by atoms with Crippen molar-refractivity contribution in [3.05, 3.63) is 11.1 Å². The molecule has 5 rings (SSSR count). The molecule has 8 nitrogen and oxygen atoms in total. The second kappa shape index (κ2) is 8.45. The number of hydrogen-bond acceptors (Lipinski definition) is 7. The largest absolute Gasteiger partial charge is 0.384 e. The standard InChI is InChI=1S/C21H33N7O/c22-19-18-16-6-8-28(15-4-2-1-3-5-15)14-17(16)20(24-21(18)26-25-19)23-7-9-27-10-12-29-13-11-27/h15H,1-14H2,(H4,22,23,24,25,26). The summed E-state index contributed by atoms with van der Waals surface area (Å²) < 4.78 is 5.46. The van der Waals surface area contributed by atoms with Crippen LogP contribution in [0.5, 0.6) is 0 Å². The number of aromatic nitrogens is 3. The molecule has 0 bridgehead atoms. The van der Waals surface area contributed by atoms with Crippen molar-refractivity contribution in [2.45, 2.75) is 51.1 Å². The summed E-state index contributed by atoms with van der Waals surface area (Å²) in [6.07, 6.45) is 7.81. The lowest BCUT2D eigenvalue weighted by Crippen LogP contribution is -2.41. The summed E-state index contributed by atoms with van der Waals surface area (Å²) in [7, 11) is 0. The van der Waals surface area contributed by atoms with E-state index in [9.17, 15) is 0 Å². The molecule has 3 aliphatic rings. The molecule has 4 N–H and O–H groups in total. The molecule has 2 aliphatic heterocycles. The fourth-order valence-corrected chi connectivity index (χ4v) is 5.24. The van der Waals surface area contributed by atoms with Crippen molar-refractivity contribution in [3.8, 4) is 0 Å². The third-order valence-electron chi connectivity index (χ3n) is 6.87. The fraction of sp³-hybridized carbons (Fsp3) is 0.714. The van der Waals surface area contributed by atoms with E-state index in [0.717, 1.165) is 81.8 Å². The maximum Gasteiger partial charge on any atom is 0.185 e. The van der Waals surface area contributed by atoms with E-state index in [1.54, 1.807) is 0 Å². The van der Waals surface area contributed by atoms with Gasteiger partial charge in [-0.1, -0.05) is 19.3 Å². The van der Waals surface area contributed by atoms with Gasteiger partial charge in [0.1, 0.15) is 11.6 Å². The summed E-state index contributed by atoms with van der Waals surface area (Å²) in [4.78, 5) is 9.99. The van der Waals surface area contributed by atoms with Gasteiger partial charge in [0.15, 0.2) is 5.65 Å². The van der Waals surface area contributed by atoms with Gasteiger partial charge in [0.05, 0.1) is 18.6 Å². The zero-order valence-corrected chi connectivity index (χ0v) is 17.3. The molecule has 0 radical (unpaired) electrons. The van der Waals surface area contributed by atoms with Crippen LogP contribution in [0, 0.1) is 0 Å². The minimum Gasteiger partial charge on any atom is -0.384 e. The van der Waals surface area contributed by atoms with Crippen molar-refractivity contribution in [2.24, 2.45) is 0 Å². The number of nitrogens with two attached hydrogens (primary N) is 1. The van der Waals surface area contributed by atoms with E-state index in [1.165, 1.54) is 43.2 Å². The number of rotatable bonds is 5. The van der Waals surface area contributed by atoms with Crippen molar-refractivity contribution in [1.29, 1.82) is 0 Å². The lowest BCUT2D eigenvalue weighted by Gasteiger charge is -2.38. The molecular formula is C21H33N7O. The Bertz CT molecular complexity index is 839. The van der Waals surface area contributed by atoms with Crippen molar-refractivity contribution >= 4 is 22.7 Å². The number of nitrogens with zero attached hydrogens (tertiary/aromatic N) is 4. The lowest BCUT2D eigenvalue weighted by atomic mass is 9.90. The van der Waals surface area contributed by atoms with Crippen molar-refractivity contribution in [2.75, 3.05) is 57.0 Å². The number of hydrogen-bond donors (Lipinski definition) is 3. The van der Waals surface area contributed by atoms with E-state index in [2.05, 4.69) is 25.3 Å². The summed E-state index contributed by atoms with van der Waals surface area (Å²) >= 11 is 0. The highest BCUT2D eigenvalue weighted by Gasteiger charge is 2.29. The first-order valence-corrected chi connectivity index (χ1v) is 11.2. The molecule has 0 unspecified atom stereocenters. The minimum atomic E-state index is 0.648. The predicted molar refractivity (Wildman–Crippen MR) is 115 cm³/mol. The van der Waals surface area contributed by atoms with Gasteiger partial charge in [0.2, 0.25) is 0 Å². The third-order valence-corrected chi connectivity index (χ3v) is 6.87. The van der Waals surface area contributed by atoms with Gasteiger partial charge in [-0.3, -0.25) is 14.9 Å². The van der Waals surface area contributed by atoms with Crippen LogP contribution in [0.3, 0.4) is 0 Å². The predicted octanol–water partition coefficient (Wildman–Crippen LogP) is 1.97. The smallest absolute Gasteiger partial charge is 0.185 e. The number of nitrogen functional groups attached to an aromatic ring is 1. The minimum absolute atomic E-state index is 0.648. The first-order chi connectivity index (χ1) is 14.3. The Morgan fingerprint density at radius 2 is 1.93 bits per heavy atom. The molecule has 0 spiro atoms. The Morgan fingerprint density at radius 3 is 2.76 bits per heavy atom. The highest BCUT2D eigenvalue weighted by Crippen LogP contribution is 2.35. The number of aromatic amines is 1. The molecule has 0 aromatic carbocycles. The van der Waals surface area contributed by atoms with Gasteiger partial charge in [0.25, 0.3) is 0 Å². The van der Waals surface area contributed by atoms with Crippen LogP contribution in [0.1, 0.15) is 43.2 Å². The van der Waals surface area contributed by atoms with Crippen LogP contribution in [0.25, 0.3) is 11.0 Å². The van der Waals surface area contributed by atoms with E-state index < -0.39 is 0 Å². The molecule has 0 amide bonds. The zero-order chi connectivity index (χ0) is 19.6. The average molecular weight is 400 g/mol. The Balaban J connectivity index is 1.37. The normalized spacial score (nSPS) is 22.1. The summed E-state index contributed by atoms with van der Waals surface area (Å²) in [5.74, 6) is 1.64. The Labute approximate surface area is 172 Å². The number of morpholine rings is 1. The van der Waals surface area contributed by atoms with Crippen molar-refractivity contribution in [3.63, 3.8) is 0 Å². The summed E-state index contributed by atoms with van der Waals surface area (Å²) in [5, 5.41) is 11.9. The van der Waals surface area contributed by atoms with E-state index in [0.29, 0.717) is 5.82 Å². The first-order valence-electron chi connectivity index (χ1n) is 11.2. The van der Waals surface area contributed by atoms with E-state index >= 15 is 0 Å². The molecule has 0 atom stereocenters. The molecule has 1 saturated heterocycles. The van der Waals surface area contributed by atoms with Crippen LogP contribution in [0.15, 0.2) is 0 Å². The first kappa shape index (κ1) is 19.1. The van der Waals surface area contributed by atoms with Gasteiger partial charge in [-0.05, 0) is 24.8 Å². The van der Waals surface area contributed by atoms with Crippen molar-refractivity contribution < 1.29 is 4.74 Å². The average Bonchev–Trinajstić information content (AvgIpc) is 3.15. The molecule has 2 aromatic heterocycles. The quantitative estimate of drug-likeness (QED) is 0.707. The monoisotopic (exact) mass is 399 g/mol. The van der Waals surface area contributed by atoms with Gasteiger partial charge in [-0.25, -0.2) is 4.98 Å². The van der Waals surface area contributed by atoms with Crippen molar-refractivity contribution in [1.82, 2.24) is 25.0 Å². The Hall–Kier alpha value is -1.90. The van der Waals surface area contributed by atoms with Crippen LogP contribution in [0.4, 0.5) is 11.6 Å². The van der Waals surface area contributed by atoms with Crippen LogP contribution in [-0.4, -0.2) is 77.0 Å². The second-order valence-electron chi connectivity index (χ2n) is 8.65. The van der Waals surface area contributed by atoms with Gasteiger partial charge in [-0.2, -0.15) is 5.10 Å². The summed E-state index contributed by atoms with van der Waals surface area (Å²) in [6, 6.07) is 0.718. The maximum absolute atomic E-state index is 6.21. The molecular weight excluding hydrogens is 366 g/mol. The Kier molecular flexibility index (Phi) is 5.56. The zero-order valence-electron chi connectivity index (χ0n) is 17.3. The van der Waals surface area contributed by atoms with Crippen LogP contribution >= 0.6 is 0 Å². The van der Waals surface area contributed by atoms with Crippen LogP contribution < -0.4 is 11.1 Å². The number of pyridine rings is 1. The summed E-state index contributed by atoms with van der Waals surface area (Å²) in [5.41, 5.74) is 9.61. The second-order valence-corrected chi connectivity index (χ2v) is 8.65. The number of anilines is 2. The van der Waals surface area contributed by atoms with Gasteiger partial charge in [0, 0.05) is 50.9 Å². The maximum atomic E-state index is 6.21. The topological polar surface area (TPSA) is 95.3 Å². The van der Waals surface area contributed by atoms with Crippen LogP contribution in [0.2, 0.25) is 0 Å². The van der Waals surface area contributed by atoms with E-state index in [-0.39, 0.29) is 0 Å². The molecule has 2 fully saturated rings. The SMILES string of the molecule is Nc1[nH]nc2nc(NCCN3CCOCC3)c3c(c12)CCN(C1CCCCC1)C3. The Morgan fingerprint density at radius 1 is 1.10 bits per heavy atom.